The van der Waals surface area contributed by atoms with E-state index in [0.717, 1.165) is 31.4 Å². The largest absolute Gasteiger partial charge is 0.478 e. The predicted molar refractivity (Wildman–Crippen MR) is 60.2 cm³/mol. The molecule has 1 amide bonds. The van der Waals surface area contributed by atoms with Gasteiger partial charge in [0.05, 0.1) is 0 Å². The van der Waals surface area contributed by atoms with Crippen LogP contribution in [0.5, 0.6) is 0 Å². The fourth-order valence-corrected chi connectivity index (χ4v) is 2.90. The van der Waals surface area contributed by atoms with Crippen LogP contribution in [0.15, 0.2) is 12.2 Å². The minimum atomic E-state index is -1.12. The first-order valence-corrected chi connectivity index (χ1v) is 5.88. The van der Waals surface area contributed by atoms with Crippen molar-refractivity contribution in [3.05, 3.63) is 12.2 Å². The normalized spacial score (nSPS) is 26.4. The van der Waals surface area contributed by atoms with E-state index < -0.39 is 5.97 Å². The van der Waals surface area contributed by atoms with Crippen LogP contribution in [0.3, 0.4) is 0 Å². The van der Waals surface area contributed by atoms with Gasteiger partial charge in [-0.05, 0) is 18.3 Å². The molecule has 1 atom stereocenters. The summed E-state index contributed by atoms with van der Waals surface area (Å²) in [6.45, 7) is 1.30. The van der Waals surface area contributed by atoms with Gasteiger partial charge in [-0.15, -0.1) is 0 Å². The molecule has 2 fully saturated rings. The average Bonchev–Trinajstić information content (AvgIpc) is 2.64. The Morgan fingerprint density at radius 3 is 2.47 bits per heavy atom. The third-order valence-electron chi connectivity index (χ3n) is 4.06. The zero-order valence-electron chi connectivity index (χ0n) is 9.63. The minimum absolute atomic E-state index is 0.0987. The van der Waals surface area contributed by atoms with Gasteiger partial charge < -0.3 is 15.1 Å². The monoisotopic (exact) mass is 239 g/mol. The molecule has 0 radical (unpaired) electrons. The second kappa shape index (κ2) is 4.49. The Hall–Kier alpha value is -1.36. The zero-order valence-corrected chi connectivity index (χ0v) is 9.63. The summed E-state index contributed by atoms with van der Waals surface area (Å²) >= 11 is 0. The molecule has 17 heavy (non-hydrogen) atoms. The van der Waals surface area contributed by atoms with E-state index in [2.05, 4.69) is 0 Å². The molecule has 1 aliphatic heterocycles. The fraction of sp³-hybridized carbons (Fsp3) is 0.667. The summed E-state index contributed by atoms with van der Waals surface area (Å²) < 4.78 is 0. The van der Waals surface area contributed by atoms with E-state index in [4.69, 9.17) is 5.11 Å². The van der Waals surface area contributed by atoms with Crippen LogP contribution in [0.2, 0.25) is 0 Å². The fourth-order valence-electron chi connectivity index (χ4n) is 2.90. The Labute approximate surface area is 99.7 Å². The molecule has 0 aromatic rings. The van der Waals surface area contributed by atoms with Crippen LogP contribution in [0.25, 0.3) is 0 Å². The van der Waals surface area contributed by atoms with E-state index in [1.165, 1.54) is 0 Å². The standard InChI is InChI=1S/C12H17NO4/c14-7-9-6-13(8-12(9)4-1-5-12)10(15)2-3-11(16)17/h2-3,9,14H,1,4-8H2,(H,16,17)/b3-2+. The molecule has 1 heterocycles. The van der Waals surface area contributed by atoms with Crippen molar-refractivity contribution in [3.8, 4) is 0 Å². The van der Waals surface area contributed by atoms with Gasteiger partial charge in [0, 0.05) is 37.8 Å². The molecule has 1 saturated heterocycles. The number of carbonyl (C=O) groups is 2. The van der Waals surface area contributed by atoms with Gasteiger partial charge in [-0.2, -0.15) is 0 Å². The molecule has 1 aliphatic carbocycles. The zero-order chi connectivity index (χ0) is 12.5. The number of hydrogen-bond donors (Lipinski definition) is 2. The van der Waals surface area contributed by atoms with Gasteiger partial charge in [0.2, 0.25) is 5.91 Å². The van der Waals surface area contributed by atoms with Crippen LogP contribution >= 0.6 is 0 Å². The highest BCUT2D eigenvalue weighted by atomic mass is 16.4. The maximum Gasteiger partial charge on any atom is 0.328 e. The lowest BCUT2D eigenvalue weighted by Crippen LogP contribution is -2.39. The molecule has 5 heteroatoms. The van der Waals surface area contributed by atoms with Gasteiger partial charge in [-0.3, -0.25) is 4.79 Å². The SMILES string of the molecule is O=C(O)/C=C/C(=O)N1CC(CO)C2(CCC2)C1. The molecule has 0 aromatic carbocycles. The minimum Gasteiger partial charge on any atom is -0.478 e. The van der Waals surface area contributed by atoms with E-state index in [0.29, 0.717) is 13.1 Å². The number of hydrogen-bond acceptors (Lipinski definition) is 3. The van der Waals surface area contributed by atoms with Crippen LogP contribution in [-0.2, 0) is 9.59 Å². The molecule has 0 bridgehead atoms. The summed E-state index contributed by atoms with van der Waals surface area (Å²) in [7, 11) is 0. The highest BCUT2D eigenvalue weighted by Crippen LogP contribution is 2.51. The lowest BCUT2D eigenvalue weighted by Gasteiger charge is -2.42. The molecule has 1 saturated carbocycles. The number of carbonyl (C=O) groups excluding carboxylic acids is 1. The Morgan fingerprint density at radius 2 is 2.06 bits per heavy atom. The van der Waals surface area contributed by atoms with Crippen molar-refractivity contribution in [2.75, 3.05) is 19.7 Å². The second-order valence-corrected chi connectivity index (χ2v) is 4.99. The Kier molecular flexibility index (Phi) is 3.19. The lowest BCUT2D eigenvalue weighted by atomic mass is 9.63. The second-order valence-electron chi connectivity index (χ2n) is 4.99. The molecule has 1 unspecified atom stereocenters. The van der Waals surface area contributed by atoms with Crippen LogP contribution in [0.1, 0.15) is 19.3 Å². The summed E-state index contributed by atoms with van der Waals surface area (Å²) in [5.74, 6) is -1.23. The number of aliphatic hydroxyl groups excluding tert-OH is 1. The first kappa shape index (κ1) is 12.1. The average molecular weight is 239 g/mol. The van der Waals surface area contributed by atoms with Gasteiger partial charge in [-0.1, -0.05) is 6.42 Å². The number of likely N-dealkylation sites (tertiary alicyclic amines) is 1. The van der Waals surface area contributed by atoms with Crippen molar-refractivity contribution in [1.29, 1.82) is 0 Å². The van der Waals surface area contributed by atoms with Crippen LogP contribution < -0.4 is 0 Å². The first-order valence-electron chi connectivity index (χ1n) is 5.88. The number of nitrogens with zero attached hydrogens (tertiary/aromatic N) is 1. The highest BCUT2D eigenvalue weighted by Gasteiger charge is 2.50. The summed E-state index contributed by atoms with van der Waals surface area (Å²) in [4.78, 5) is 23.7. The van der Waals surface area contributed by atoms with Crippen LogP contribution in [0.4, 0.5) is 0 Å². The Bertz CT molecular complexity index is 360. The summed E-state index contributed by atoms with van der Waals surface area (Å²) in [6, 6.07) is 0. The highest BCUT2D eigenvalue weighted by molar-refractivity contribution is 5.94. The van der Waals surface area contributed by atoms with Gasteiger partial charge >= 0.3 is 5.97 Å². The molecule has 2 rings (SSSR count). The predicted octanol–water partition coefficient (Wildman–Crippen LogP) is 0.248. The van der Waals surface area contributed by atoms with Crippen molar-refractivity contribution in [2.45, 2.75) is 19.3 Å². The van der Waals surface area contributed by atoms with Crippen LogP contribution in [-0.4, -0.2) is 46.7 Å². The molecular formula is C12H17NO4. The molecule has 1 spiro atoms. The molecule has 5 nitrogen and oxygen atoms in total. The van der Waals surface area contributed by atoms with Crippen molar-refractivity contribution < 1.29 is 19.8 Å². The summed E-state index contributed by atoms with van der Waals surface area (Å²) in [5.41, 5.74) is 0.0987. The van der Waals surface area contributed by atoms with Gasteiger partial charge in [-0.25, -0.2) is 4.79 Å². The maximum absolute atomic E-state index is 11.7. The molecule has 2 aliphatic rings. The van der Waals surface area contributed by atoms with Crippen LogP contribution in [0, 0.1) is 11.3 Å². The summed E-state index contributed by atoms with van der Waals surface area (Å²) in [5, 5.41) is 17.8. The number of amides is 1. The summed E-state index contributed by atoms with van der Waals surface area (Å²) in [6.07, 6.45) is 5.23. The number of carboxylic acids is 1. The van der Waals surface area contributed by atoms with Gasteiger partial charge in [0.15, 0.2) is 0 Å². The van der Waals surface area contributed by atoms with Crippen molar-refractivity contribution in [1.82, 2.24) is 4.90 Å². The molecular weight excluding hydrogens is 222 g/mol. The van der Waals surface area contributed by atoms with E-state index in [-0.39, 0.29) is 23.8 Å². The Morgan fingerprint density at radius 1 is 1.35 bits per heavy atom. The number of carboxylic acid groups (broad SMARTS) is 1. The third kappa shape index (κ3) is 2.20. The van der Waals surface area contributed by atoms with E-state index in [1.807, 2.05) is 0 Å². The quantitative estimate of drug-likeness (QED) is 0.692. The van der Waals surface area contributed by atoms with Crippen molar-refractivity contribution in [2.24, 2.45) is 11.3 Å². The first-order chi connectivity index (χ1) is 8.07. The van der Waals surface area contributed by atoms with E-state index >= 15 is 0 Å². The topological polar surface area (TPSA) is 77.8 Å². The third-order valence-corrected chi connectivity index (χ3v) is 4.06. The molecule has 2 N–H and O–H groups in total. The lowest BCUT2D eigenvalue weighted by molar-refractivity contribution is -0.132. The number of aliphatic hydroxyl groups is 1. The van der Waals surface area contributed by atoms with Gasteiger partial charge in [0.1, 0.15) is 0 Å². The smallest absolute Gasteiger partial charge is 0.328 e. The maximum atomic E-state index is 11.7. The van der Waals surface area contributed by atoms with E-state index in [1.54, 1.807) is 4.90 Å². The Balaban J connectivity index is 2.00. The number of aliphatic carboxylic acids is 1. The molecule has 94 valence electrons. The molecule has 0 aromatic heterocycles. The van der Waals surface area contributed by atoms with E-state index in [9.17, 15) is 14.7 Å². The number of rotatable bonds is 3. The van der Waals surface area contributed by atoms with Crippen molar-refractivity contribution >= 4 is 11.9 Å². The van der Waals surface area contributed by atoms with Gasteiger partial charge in [0.25, 0.3) is 0 Å². The van der Waals surface area contributed by atoms with Crippen molar-refractivity contribution in [3.63, 3.8) is 0 Å².